The van der Waals surface area contributed by atoms with Gasteiger partial charge >= 0.3 is 0 Å². The molecule has 0 saturated carbocycles. The summed E-state index contributed by atoms with van der Waals surface area (Å²) in [6.07, 6.45) is 0. The number of benzene rings is 1. The summed E-state index contributed by atoms with van der Waals surface area (Å²) >= 11 is 3.31. The summed E-state index contributed by atoms with van der Waals surface area (Å²) in [5, 5.41) is 6.69. The monoisotopic (exact) mass is 246 g/mol. The highest BCUT2D eigenvalue weighted by Crippen LogP contribution is 2.26. The van der Waals surface area contributed by atoms with Gasteiger partial charge in [0.1, 0.15) is 5.82 Å². The Hall–Kier alpha value is -1.39. The first kappa shape index (κ1) is 9.81. The summed E-state index contributed by atoms with van der Waals surface area (Å²) in [7, 11) is 0. The fraction of sp³-hybridized carbons (Fsp3) is 0.0833. The Morgan fingerprint density at radius 1 is 1.12 bits per heavy atom. The Balaban J connectivity index is 1.84. The van der Waals surface area contributed by atoms with Crippen LogP contribution in [-0.2, 0) is 6.54 Å². The molecule has 0 spiro atoms. The first-order valence-corrected chi connectivity index (χ1v) is 6.69. The highest BCUT2D eigenvalue weighted by molar-refractivity contribution is 7.13. The summed E-state index contributed by atoms with van der Waals surface area (Å²) in [5.74, 6) is 0.994. The molecule has 3 rings (SSSR count). The van der Waals surface area contributed by atoms with Gasteiger partial charge in [-0.05, 0) is 35.1 Å². The Morgan fingerprint density at radius 3 is 2.94 bits per heavy atom. The molecule has 0 amide bonds. The Kier molecular flexibility index (Phi) is 2.60. The molecule has 1 N–H and O–H groups in total. The topological polar surface area (TPSA) is 24.9 Å². The first-order valence-electron chi connectivity index (χ1n) is 5.04. The van der Waals surface area contributed by atoms with Crippen LogP contribution < -0.4 is 5.32 Å². The van der Waals surface area contributed by atoms with E-state index in [9.17, 15) is 0 Å². The lowest BCUT2D eigenvalue weighted by Crippen LogP contribution is -1.97. The minimum Gasteiger partial charge on any atom is -0.364 e. The van der Waals surface area contributed by atoms with Crippen molar-refractivity contribution in [1.29, 1.82) is 0 Å². The maximum Gasteiger partial charge on any atom is 0.147 e. The van der Waals surface area contributed by atoms with Gasteiger partial charge in [0.05, 0.1) is 11.2 Å². The molecule has 0 bridgehead atoms. The Bertz CT molecular complexity index is 584. The highest BCUT2D eigenvalue weighted by atomic mass is 32.1. The van der Waals surface area contributed by atoms with Gasteiger partial charge in [0.15, 0.2) is 0 Å². The molecule has 0 radical (unpaired) electrons. The molecule has 0 fully saturated rings. The van der Waals surface area contributed by atoms with Crippen LogP contribution in [0.5, 0.6) is 0 Å². The minimum atomic E-state index is 0.853. The zero-order valence-corrected chi connectivity index (χ0v) is 10.1. The second-order valence-electron chi connectivity index (χ2n) is 3.46. The van der Waals surface area contributed by atoms with E-state index in [0.717, 1.165) is 12.4 Å². The molecule has 16 heavy (non-hydrogen) atoms. The van der Waals surface area contributed by atoms with Gasteiger partial charge in [-0.3, -0.25) is 0 Å². The quantitative estimate of drug-likeness (QED) is 0.756. The van der Waals surface area contributed by atoms with Crippen LogP contribution in [0.2, 0.25) is 0 Å². The van der Waals surface area contributed by atoms with Gasteiger partial charge < -0.3 is 5.32 Å². The van der Waals surface area contributed by atoms with Crippen molar-refractivity contribution in [3.63, 3.8) is 0 Å². The molecule has 2 nitrogen and oxygen atoms in total. The second kappa shape index (κ2) is 4.23. The van der Waals surface area contributed by atoms with E-state index in [1.54, 1.807) is 22.9 Å². The number of hydrogen-bond donors (Lipinski definition) is 1. The predicted molar refractivity (Wildman–Crippen MR) is 71.3 cm³/mol. The van der Waals surface area contributed by atoms with E-state index in [-0.39, 0.29) is 0 Å². The van der Waals surface area contributed by atoms with E-state index >= 15 is 0 Å². The number of aromatic nitrogens is 1. The molecule has 0 aliphatic rings. The van der Waals surface area contributed by atoms with Crippen LogP contribution in [0.3, 0.4) is 0 Å². The van der Waals surface area contributed by atoms with E-state index in [1.807, 2.05) is 12.1 Å². The highest BCUT2D eigenvalue weighted by Gasteiger charge is 2.04. The molecule has 4 heteroatoms. The van der Waals surface area contributed by atoms with Crippen molar-refractivity contribution in [2.24, 2.45) is 0 Å². The molecule has 0 aliphatic carbocycles. The van der Waals surface area contributed by atoms with Crippen molar-refractivity contribution in [3.05, 3.63) is 46.7 Å². The summed E-state index contributed by atoms with van der Waals surface area (Å²) < 4.78 is 5.66. The van der Waals surface area contributed by atoms with Gasteiger partial charge in [-0.25, -0.2) is 0 Å². The normalized spacial score (nSPS) is 10.8. The van der Waals surface area contributed by atoms with E-state index < -0.39 is 0 Å². The smallest absolute Gasteiger partial charge is 0.147 e. The third-order valence-corrected chi connectivity index (χ3v) is 4.09. The average molecular weight is 246 g/mol. The van der Waals surface area contributed by atoms with E-state index in [4.69, 9.17) is 0 Å². The van der Waals surface area contributed by atoms with E-state index in [0.29, 0.717) is 0 Å². The number of hydrogen-bond acceptors (Lipinski definition) is 4. The van der Waals surface area contributed by atoms with Crippen molar-refractivity contribution in [2.45, 2.75) is 6.54 Å². The van der Waals surface area contributed by atoms with Crippen molar-refractivity contribution < 1.29 is 0 Å². The van der Waals surface area contributed by atoms with Crippen molar-refractivity contribution >= 4 is 38.8 Å². The lowest BCUT2D eigenvalue weighted by molar-refractivity contribution is 1.18. The molecule has 0 aliphatic heterocycles. The van der Waals surface area contributed by atoms with Gasteiger partial charge in [-0.15, -0.1) is 11.3 Å². The summed E-state index contributed by atoms with van der Waals surface area (Å²) in [6.45, 7) is 0.853. The van der Waals surface area contributed by atoms with Gasteiger partial charge in [0.25, 0.3) is 0 Å². The molecule has 3 aromatic rings. The Labute approximate surface area is 102 Å². The van der Waals surface area contributed by atoms with Gasteiger partial charge in [0, 0.05) is 10.3 Å². The maximum atomic E-state index is 4.43. The zero-order chi connectivity index (χ0) is 10.8. The second-order valence-corrected chi connectivity index (χ2v) is 5.30. The minimum absolute atomic E-state index is 0.853. The number of rotatable bonds is 3. The van der Waals surface area contributed by atoms with Crippen LogP contribution in [0, 0.1) is 0 Å². The van der Waals surface area contributed by atoms with Gasteiger partial charge in [-0.1, -0.05) is 18.2 Å². The number of nitrogens with one attached hydrogen (secondary N) is 1. The molecule has 2 aromatic heterocycles. The number of fused-ring (bicyclic) bond motifs is 1. The fourth-order valence-corrected chi connectivity index (χ4v) is 3.00. The zero-order valence-electron chi connectivity index (χ0n) is 8.51. The SMILES string of the molecule is c1csc(CNc2nsc3ccccc23)c1. The molecule has 0 saturated heterocycles. The van der Waals surface area contributed by atoms with Crippen LogP contribution in [0.1, 0.15) is 4.88 Å². The fourth-order valence-electron chi connectivity index (χ4n) is 1.60. The molecule has 0 unspecified atom stereocenters. The van der Waals surface area contributed by atoms with Crippen LogP contribution in [0.4, 0.5) is 5.82 Å². The van der Waals surface area contributed by atoms with Crippen LogP contribution in [0.15, 0.2) is 41.8 Å². The largest absolute Gasteiger partial charge is 0.364 e. The molecule has 80 valence electrons. The van der Waals surface area contributed by atoms with Crippen LogP contribution in [0.25, 0.3) is 10.1 Å². The number of anilines is 1. The molecular formula is C12H10N2S2. The van der Waals surface area contributed by atoms with Gasteiger partial charge in [-0.2, -0.15) is 4.37 Å². The van der Waals surface area contributed by atoms with E-state index in [1.165, 1.54) is 15.0 Å². The third-order valence-electron chi connectivity index (χ3n) is 2.39. The summed E-state index contributed by atoms with van der Waals surface area (Å²) in [4.78, 5) is 1.33. The first-order chi connectivity index (χ1) is 7.93. The van der Waals surface area contributed by atoms with Crippen molar-refractivity contribution in [3.8, 4) is 0 Å². The molecule has 1 aromatic carbocycles. The van der Waals surface area contributed by atoms with Crippen LogP contribution >= 0.6 is 22.9 Å². The van der Waals surface area contributed by atoms with E-state index in [2.05, 4.69) is 39.3 Å². The molecular weight excluding hydrogens is 236 g/mol. The predicted octanol–water partition coefficient (Wildman–Crippen LogP) is 3.97. The van der Waals surface area contributed by atoms with Gasteiger partial charge in [0.2, 0.25) is 0 Å². The van der Waals surface area contributed by atoms with Crippen molar-refractivity contribution in [1.82, 2.24) is 4.37 Å². The van der Waals surface area contributed by atoms with Crippen molar-refractivity contribution in [2.75, 3.05) is 5.32 Å². The summed E-state index contributed by atoms with van der Waals surface area (Å²) in [5.41, 5.74) is 0. The van der Waals surface area contributed by atoms with Crippen LogP contribution in [-0.4, -0.2) is 4.37 Å². The number of thiophene rings is 1. The average Bonchev–Trinajstić information content (AvgIpc) is 2.96. The summed E-state index contributed by atoms with van der Waals surface area (Å²) in [6, 6.07) is 12.5. The lowest BCUT2D eigenvalue weighted by Gasteiger charge is -2.00. The maximum absolute atomic E-state index is 4.43. The third kappa shape index (κ3) is 1.81. The standard InChI is InChI=1S/C12H10N2S2/c1-2-6-11-10(5-1)12(14-16-11)13-8-9-4-3-7-15-9/h1-7H,8H2,(H,13,14). The Morgan fingerprint density at radius 2 is 2.06 bits per heavy atom. The molecule has 2 heterocycles. The number of nitrogens with zero attached hydrogens (tertiary/aromatic N) is 1. The lowest BCUT2D eigenvalue weighted by atomic mass is 10.2. The molecule has 0 atom stereocenters.